The summed E-state index contributed by atoms with van der Waals surface area (Å²) >= 11 is 0. The number of likely N-dealkylation sites (tertiary alicyclic amines) is 2. The first-order chi connectivity index (χ1) is 14.6. The fourth-order valence-corrected chi connectivity index (χ4v) is 4.28. The smallest absolute Gasteiger partial charge is 0.422 e. The second kappa shape index (κ2) is 9.84. The number of nitro benzene ring substituents is 1. The second-order valence-electron chi connectivity index (χ2n) is 8.58. The minimum Gasteiger partial charge on any atom is -0.484 e. The lowest BCUT2D eigenvalue weighted by atomic mass is 9.94. The van der Waals surface area contributed by atoms with Gasteiger partial charge in [-0.1, -0.05) is 6.92 Å². The van der Waals surface area contributed by atoms with Gasteiger partial charge in [-0.15, -0.1) is 0 Å². The lowest BCUT2D eigenvalue weighted by Gasteiger charge is -2.37. The SMILES string of the molecule is CC1CCN(CC2CCCN(C(=O)c3cc(OCC(F)(F)F)ccc3[N+](=O)[O-])C2)CC1. The fourth-order valence-electron chi connectivity index (χ4n) is 4.28. The highest BCUT2D eigenvalue weighted by molar-refractivity contribution is 5.98. The number of nitro groups is 1. The van der Waals surface area contributed by atoms with Gasteiger partial charge in [0, 0.05) is 25.7 Å². The fraction of sp³-hybridized carbons (Fsp3) is 0.667. The van der Waals surface area contributed by atoms with Crippen LogP contribution in [-0.2, 0) is 0 Å². The number of amides is 1. The molecule has 1 aromatic carbocycles. The molecule has 2 heterocycles. The summed E-state index contributed by atoms with van der Waals surface area (Å²) in [5.74, 6) is 0.242. The van der Waals surface area contributed by atoms with Crippen LogP contribution in [0.25, 0.3) is 0 Å². The number of ether oxygens (including phenoxy) is 1. The molecule has 0 aromatic heterocycles. The number of piperidine rings is 2. The average molecular weight is 443 g/mol. The Labute approximate surface area is 179 Å². The number of hydrogen-bond acceptors (Lipinski definition) is 5. The number of rotatable bonds is 6. The van der Waals surface area contributed by atoms with E-state index >= 15 is 0 Å². The lowest BCUT2D eigenvalue weighted by molar-refractivity contribution is -0.385. The third-order valence-corrected chi connectivity index (χ3v) is 6.00. The van der Waals surface area contributed by atoms with Gasteiger partial charge in [0.2, 0.25) is 0 Å². The summed E-state index contributed by atoms with van der Waals surface area (Å²) in [6, 6.07) is 3.15. The molecule has 0 bridgehead atoms. The van der Waals surface area contributed by atoms with E-state index in [0.717, 1.165) is 69.4 Å². The van der Waals surface area contributed by atoms with Crippen LogP contribution in [0.2, 0.25) is 0 Å². The van der Waals surface area contributed by atoms with E-state index in [0.29, 0.717) is 13.1 Å². The van der Waals surface area contributed by atoms with Crippen molar-refractivity contribution in [2.75, 3.05) is 39.3 Å². The molecule has 0 radical (unpaired) electrons. The number of halogens is 3. The predicted molar refractivity (Wildman–Crippen MR) is 108 cm³/mol. The third kappa shape index (κ3) is 6.56. The summed E-state index contributed by atoms with van der Waals surface area (Å²) in [4.78, 5) is 27.8. The second-order valence-corrected chi connectivity index (χ2v) is 8.58. The monoisotopic (exact) mass is 443 g/mol. The Bertz CT molecular complexity index is 795. The standard InChI is InChI=1S/C21H28F3N3O4/c1-15-6-9-25(10-7-15)12-16-3-2-8-26(13-16)20(28)18-11-17(31-14-21(22,23)24)4-5-19(18)27(29)30/h4-5,11,15-16H,2-3,6-10,12-14H2,1H3. The minimum absolute atomic E-state index is 0.220. The van der Waals surface area contributed by atoms with E-state index in [1.807, 2.05) is 0 Å². The first-order valence-electron chi connectivity index (χ1n) is 10.6. The molecule has 3 rings (SSSR count). The van der Waals surface area contributed by atoms with Crippen molar-refractivity contribution < 1.29 is 27.6 Å². The third-order valence-electron chi connectivity index (χ3n) is 6.00. The Hall–Kier alpha value is -2.36. The van der Waals surface area contributed by atoms with Gasteiger partial charge in [0.1, 0.15) is 11.3 Å². The maximum absolute atomic E-state index is 13.1. The van der Waals surface area contributed by atoms with Crippen molar-refractivity contribution >= 4 is 11.6 Å². The van der Waals surface area contributed by atoms with Gasteiger partial charge in [-0.3, -0.25) is 14.9 Å². The van der Waals surface area contributed by atoms with Crippen LogP contribution in [0.4, 0.5) is 18.9 Å². The summed E-state index contributed by atoms with van der Waals surface area (Å²) in [6.07, 6.45) is -0.456. The van der Waals surface area contributed by atoms with E-state index < -0.39 is 29.3 Å². The highest BCUT2D eigenvalue weighted by Crippen LogP contribution is 2.29. The molecule has 0 spiro atoms. The zero-order valence-electron chi connectivity index (χ0n) is 17.6. The molecule has 10 heteroatoms. The van der Waals surface area contributed by atoms with Gasteiger partial charge >= 0.3 is 6.18 Å². The van der Waals surface area contributed by atoms with Crippen LogP contribution in [0, 0.1) is 22.0 Å². The summed E-state index contributed by atoms with van der Waals surface area (Å²) in [6.45, 7) is 4.63. The normalized spacial score (nSPS) is 21.2. The number of carbonyl (C=O) groups is 1. The Morgan fingerprint density at radius 1 is 1.23 bits per heavy atom. The largest absolute Gasteiger partial charge is 0.484 e. The first-order valence-corrected chi connectivity index (χ1v) is 10.6. The molecule has 7 nitrogen and oxygen atoms in total. The van der Waals surface area contributed by atoms with Gasteiger partial charge in [-0.2, -0.15) is 13.2 Å². The molecular formula is C21H28F3N3O4. The van der Waals surface area contributed by atoms with Crippen LogP contribution >= 0.6 is 0 Å². The van der Waals surface area contributed by atoms with Gasteiger partial charge in [-0.25, -0.2) is 0 Å². The zero-order valence-corrected chi connectivity index (χ0v) is 17.6. The molecule has 172 valence electrons. The topological polar surface area (TPSA) is 75.9 Å². The Morgan fingerprint density at radius 2 is 1.94 bits per heavy atom. The molecule has 1 amide bonds. The molecule has 1 atom stereocenters. The van der Waals surface area contributed by atoms with Crippen LogP contribution in [-0.4, -0.2) is 66.1 Å². The molecule has 2 fully saturated rings. The molecular weight excluding hydrogens is 415 g/mol. The highest BCUT2D eigenvalue weighted by atomic mass is 19.4. The van der Waals surface area contributed by atoms with Crippen LogP contribution in [0.3, 0.4) is 0 Å². The van der Waals surface area contributed by atoms with Crippen LogP contribution in [0.1, 0.15) is 43.0 Å². The van der Waals surface area contributed by atoms with E-state index in [1.54, 1.807) is 4.90 Å². The average Bonchev–Trinajstić information content (AvgIpc) is 2.73. The van der Waals surface area contributed by atoms with Crippen molar-refractivity contribution in [3.8, 4) is 5.75 Å². The lowest BCUT2D eigenvalue weighted by Crippen LogP contribution is -2.45. The molecule has 1 unspecified atom stereocenters. The van der Waals surface area contributed by atoms with Gasteiger partial charge in [0.15, 0.2) is 6.61 Å². The van der Waals surface area contributed by atoms with Crippen LogP contribution in [0.15, 0.2) is 18.2 Å². The number of nitrogens with zero attached hydrogens (tertiary/aromatic N) is 3. The van der Waals surface area contributed by atoms with Crippen molar-refractivity contribution in [1.82, 2.24) is 9.80 Å². The van der Waals surface area contributed by atoms with Crippen molar-refractivity contribution in [2.45, 2.75) is 38.8 Å². The highest BCUT2D eigenvalue weighted by Gasteiger charge is 2.32. The van der Waals surface area contributed by atoms with E-state index in [9.17, 15) is 28.1 Å². The molecule has 0 saturated carbocycles. The van der Waals surface area contributed by atoms with Crippen molar-refractivity contribution in [3.63, 3.8) is 0 Å². The van der Waals surface area contributed by atoms with Crippen LogP contribution in [0.5, 0.6) is 5.75 Å². The van der Waals surface area contributed by atoms with Crippen LogP contribution < -0.4 is 4.74 Å². The Kier molecular flexibility index (Phi) is 7.40. The number of benzene rings is 1. The van der Waals surface area contributed by atoms with E-state index in [2.05, 4.69) is 16.6 Å². The number of alkyl halides is 3. The molecule has 31 heavy (non-hydrogen) atoms. The quantitative estimate of drug-likeness (QED) is 0.488. The number of carbonyl (C=O) groups excluding carboxylic acids is 1. The molecule has 1 aromatic rings. The molecule has 0 aliphatic carbocycles. The molecule has 2 aliphatic rings. The maximum Gasteiger partial charge on any atom is 0.422 e. The van der Waals surface area contributed by atoms with E-state index in [4.69, 9.17) is 0 Å². The first kappa shape index (κ1) is 23.3. The van der Waals surface area contributed by atoms with E-state index in [-0.39, 0.29) is 17.2 Å². The minimum atomic E-state index is -4.54. The Morgan fingerprint density at radius 3 is 2.58 bits per heavy atom. The Balaban J connectivity index is 1.70. The number of hydrogen-bond donors (Lipinski definition) is 0. The summed E-state index contributed by atoms with van der Waals surface area (Å²) in [5, 5.41) is 11.4. The van der Waals surface area contributed by atoms with Gasteiger partial charge in [-0.05, 0) is 62.7 Å². The van der Waals surface area contributed by atoms with Crippen molar-refractivity contribution in [2.24, 2.45) is 11.8 Å². The van der Waals surface area contributed by atoms with Crippen molar-refractivity contribution in [3.05, 3.63) is 33.9 Å². The summed E-state index contributed by atoms with van der Waals surface area (Å²) in [7, 11) is 0. The molecule has 2 saturated heterocycles. The summed E-state index contributed by atoms with van der Waals surface area (Å²) in [5.41, 5.74) is -0.673. The van der Waals surface area contributed by atoms with Crippen molar-refractivity contribution in [1.29, 1.82) is 0 Å². The zero-order chi connectivity index (χ0) is 22.6. The maximum atomic E-state index is 13.1. The van der Waals surface area contributed by atoms with Gasteiger partial charge in [0.25, 0.3) is 11.6 Å². The predicted octanol–water partition coefficient (Wildman–Crippen LogP) is 4.12. The molecule has 0 N–H and O–H groups in total. The van der Waals surface area contributed by atoms with Gasteiger partial charge in [0.05, 0.1) is 4.92 Å². The van der Waals surface area contributed by atoms with Gasteiger partial charge < -0.3 is 14.5 Å². The summed E-state index contributed by atoms with van der Waals surface area (Å²) < 4.78 is 42.0. The van der Waals surface area contributed by atoms with E-state index in [1.165, 1.54) is 0 Å². The molecule has 2 aliphatic heterocycles.